The molecular weight excluding hydrogens is 320 g/mol. The Bertz CT molecular complexity index is 719. The van der Waals surface area contributed by atoms with Crippen LogP contribution < -0.4 is 0 Å². The van der Waals surface area contributed by atoms with Gasteiger partial charge in [0.1, 0.15) is 0 Å². The van der Waals surface area contributed by atoms with Gasteiger partial charge in [-0.25, -0.2) is 8.42 Å². The largest absolute Gasteiger partial charge is 0.468 e. The minimum atomic E-state index is -3.76. The van der Waals surface area contributed by atoms with Crippen LogP contribution in [0.4, 0.5) is 0 Å². The molecule has 0 heterocycles. The number of methoxy groups -OCH3 is 2. The second-order valence-electron chi connectivity index (χ2n) is 5.30. The molecule has 0 aromatic heterocycles. The number of sulfone groups is 1. The number of hydrogen-bond acceptors (Lipinski definition) is 6. The molecule has 1 aromatic carbocycles. The summed E-state index contributed by atoms with van der Waals surface area (Å²) in [5.74, 6) is -1.69. The van der Waals surface area contributed by atoms with Crippen LogP contribution >= 0.6 is 0 Å². The molecule has 0 saturated heterocycles. The van der Waals surface area contributed by atoms with Crippen LogP contribution in [0.1, 0.15) is 12.8 Å². The Morgan fingerprint density at radius 2 is 1.65 bits per heavy atom. The molecule has 0 N–H and O–H groups in total. The predicted molar refractivity (Wildman–Crippen MR) is 82.3 cm³/mol. The van der Waals surface area contributed by atoms with Crippen molar-refractivity contribution in [3.63, 3.8) is 0 Å². The highest BCUT2D eigenvalue weighted by Gasteiger charge is 2.59. The minimum absolute atomic E-state index is 0.0000491. The van der Waals surface area contributed by atoms with Gasteiger partial charge in [-0.1, -0.05) is 24.8 Å². The van der Waals surface area contributed by atoms with Crippen molar-refractivity contribution in [2.75, 3.05) is 14.2 Å². The van der Waals surface area contributed by atoms with Crippen molar-refractivity contribution < 1.29 is 27.5 Å². The van der Waals surface area contributed by atoms with Gasteiger partial charge in [-0.2, -0.15) is 0 Å². The van der Waals surface area contributed by atoms with Crippen LogP contribution in [0.3, 0.4) is 0 Å². The van der Waals surface area contributed by atoms with Gasteiger partial charge in [0.05, 0.1) is 24.4 Å². The van der Waals surface area contributed by atoms with Crippen molar-refractivity contribution in [2.45, 2.75) is 23.0 Å². The van der Waals surface area contributed by atoms with E-state index in [-0.39, 0.29) is 23.3 Å². The first-order chi connectivity index (χ1) is 10.8. The zero-order chi connectivity index (χ0) is 17.3. The highest BCUT2D eigenvalue weighted by atomic mass is 32.2. The summed E-state index contributed by atoms with van der Waals surface area (Å²) in [5.41, 5.74) is -1.77. The van der Waals surface area contributed by atoms with E-state index in [1.54, 1.807) is 18.2 Å². The second kappa shape index (κ2) is 6.16. The van der Waals surface area contributed by atoms with Crippen LogP contribution in [0.25, 0.3) is 0 Å². The van der Waals surface area contributed by atoms with Gasteiger partial charge < -0.3 is 9.47 Å². The third-order valence-electron chi connectivity index (χ3n) is 4.23. The molecule has 0 radical (unpaired) electrons. The van der Waals surface area contributed by atoms with Crippen LogP contribution in [-0.2, 0) is 28.9 Å². The Morgan fingerprint density at radius 1 is 1.13 bits per heavy atom. The van der Waals surface area contributed by atoms with Crippen molar-refractivity contribution in [3.8, 4) is 0 Å². The highest BCUT2D eigenvalue weighted by molar-refractivity contribution is 7.92. The van der Waals surface area contributed by atoms with E-state index in [4.69, 9.17) is 9.47 Å². The fraction of sp³-hybridized carbons (Fsp3) is 0.375. The average Bonchev–Trinajstić information content (AvgIpc) is 2.93. The van der Waals surface area contributed by atoms with Gasteiger partial charge in [-0.3, -0.25) is 9.59 Å². The molecule has 0 spiro atoms. The summed E-state index contributed by atoms with van der Waals surface area (Å²) in [7, 11) is -1.48. The first-order valence-corrected chi connectivity index (χ1v) is 8.52. The van der Waals surface area contributed by atoms with Crippen molar-refractivity contribution in [2.24, 2.45) is 5.41 Å². The summed E-state index contributed by atoms with van der Waals surface area (Å²) in [6, 6.07) is 7.87. The lowest BCUT2D eigenvalue weighted by Gasteiger charge is -2.25. The van der Waals surface area contributed by atoms with E-state index in [2.05, 4.69) is 6.58 Å². The molecule has 1 fully saturated rings. The van der Waals surface area contributed by atoms with Gasteiger partial charge in [-0.15, -0.1) is 0 Å². The lowest BCUT2D eigenvalue weighted by Crippen LogP contribution is -2.41. The molecule has 1 aliphatic carbocycles. The lowest BCUT2D eigenvalue weighted by molar-refractivity contribution is -0.165. The quantitative estimate of drug-likeness (QED) is 0.470. The predicted octanol–water partition coefficient (Wildman–Crippen LogP) is 1.51. The fourth-order valence-electron chi connectivity index (χ4n) is 2.97. The maximum absolute atomic E-state index is 12.8. The molecule has 1 unspecified atom stereocenters. The SMILES string of the molecule is C=C1C(S(=O)(=O)c2ccccc2)CCC1(C(=O)OC)C(=O)OC. The molecule has 0 bridgehead atoms. The Balaban J connectivity index is 2.48. The highest BCUT2D eigenvalue weighted by Crippen LogP contribution is 2.48. The summed E-state index contributed by atoms with van der Waals surface area (Å²) in [4.78, 5) is 24.5. The second-order valence-corrected chi connectivity index (χ2v) is 7.43. The van der Waals surface area contributed by atoms with E-state index in [1.165, 1.54) is 12.1 Å². The van der Waals surface area contributed by atoms with E-state index >= 15 is 0 Å². The molecule has 6 nitrogen and oxygen atoms in total. The third-order valence-corrected chi connectivity index (χ3v) is 6.43. The molecule has 1 aromatic rings. The molecule has 2 rings (SSSR count). The van der Waals surface area contributed by atoms with Crippen LogP contribution in [0.2, 0.25) is 0 Å². The number of ether oxygens (including phenoxy) is 2. The summed E-state index contributed by atoms with van der Waals surface area (Å²) >= 11 is 0. The summed E-state index contributed by atoms with van der Waals surface area (Å²) in [5, 5.41) is -1.04. The number of rotatable bonds is 4. The Hall–Kier alpha value is -2.15. The smallest absolute Gasteiger partial charge is 0.327 e. The van der Waals surface area contributed by atoms with Gasteiger partial charge in [0.25, 0.3) is 0 Å². The van der Waals surface area contributed by atoms with Crippen LogP contribution in [0, 0.1) is 5.41 Å². The zero-order valence-corrected chi connectivity index (χ0v) is 13.8. The molecule has 0 aliphatic heterocycles. The summed E-state index contributed by atoms with van der Waals surface area (Å²) in [6.45, 7) is 3.74. The Kier molecular flexibility index (Phi) is 4.61. The molecular formula is C16H18O6S. The molecule has 0 amide bonds. The van der Waals surface area contributed by atoms with Crippen molar-refractivity contribution in [1.29, 1.82) is 0 Å². The fourth-order valence-corrected chi connectivity index (χ4v) is 4.84. The standard InChI is InChI=1S/C16H18O6S/c1-11-13(23(19,20)12-7-5-4-6-8-12)9-10-16(11,14(17)21-2)15(18)22-3/h4-8,13H,1,9-10H2,2-3H3. The van der Waals surface area contributed by atoms with Crippen molar-refractivity contribution >= 4 is 21.8 Å². The Morgan fingerprint density at radius 3 is 2.13 bits per heavy atom. The monoisotopic (exact) mass is 338 g/mol. The number of hydrogen-bond donors (Lipinski definition) is 0. The topological polar surface area (TPSA) is 86.7 Å². The minimum Gasteiger partial charge on any atom is -0.468 e. The summed E-state index contributed by atoms with van der Waals surface area (Å²) < 4.78 is 35.0. The third kappa shape index (κ3) is 2.55. The van der Waals surface area contributed by atoms with E-state index in [0.717, 1.165) is 14.2 Å². The first-order valence-electron chi connectivity index (χ1n) is 6.97. The van der Waals surface area contributed by atoms with Crippen molar-refractivity contribution in [1.82, 2.24) is 0 Å². The zero-order valence-electron chi connectivity index (χ0n) is 12.9. The average molecular weight is 338 g/mol. The molecule has 7 heteroatoms. The number of esters is 2. The van der Waals surface area contributed by atoms with Gasteiger partial charge in [0, 0.05) is 0 Å². The molecule has 1 atom stereocenters. The van der Waals surface area contributed by atoms with E-state index in [0.29, 0.717) is 0 Å². The van der Waals surface area contributed by atoms with E-state index < -0.39 is 32.4 Å². The maximum atomic E-state index is 12.8. The molecule has 1 aliphatic rings. The first kappa shape index (κ1) is 17.2. The number of carbonyl (C=O) groups is 2. The van der Waals surface area contributed by atoms with Gasteiger partial charge in [0.2, 0.25) is 0 Å². The van der Waals surface area contributed by atoms with E-state index in [9.17, 15) is 18.0 Å². The lowest BCUT2D eigenvalue weighted by atomic mass is 9.83. The van der Waals surface area contributed by atoms with E-state index in [1.807, 2.05) is 0 Å². The molecule has 1 saturated carbocycles. The van der Waals surface area contributed by atoms with Crippen molar-refractivity contribution in [3.05, 3.63) is 42.5 Å². The van der Waals surface area contributed by atoms with Gasteiger partial charge in [0.15, 0.2) is 15.3 Å². The van der Waals surface area contributed by atoms with Gasteiger partial charge >= 0.3 is 11.9 Å². The van der Waals surface area contributed by atoms with Crippen LogP contribution in [0.5, 0.6) is 0 Å². The number of carbonyl (C=O) groups excluding carboxylic acids is 2. The maximum Gasteiger partial charge on any atom is 0.327 e. The normalized spacial score (nSPS) is 20.1. The molecule has 124 valence electrons. The summed E-state index contributed by atoms with van der Waals surface area (Å²) in [6.07, 6.45) is 0.0855. The van der Waals surface area contributed by atoms with Gasteiger partial charge in [-0.05, 0) is 30.5 Å². The number of benzene rings is 1. The van der Waals surface area contributed by atoms with Crippen LogP contribution in [0.15, 0.2) is 47.4 Å². The Labute approximate surface area is 135 Å². The molecule has 23 heavy (non-hydrogen) atoms. The van der Waals surface area contributed by atoms with Crippen LogP contribution in [-0.4, -0.2) is 39.8 Å².